The predicted octanol–water partition coefficient (Wildman–Crippen LogP) is 1.88. The van der Waals surface area contributed by atoms with Crippen LogP contribution >= 0.6 is 22.6 Å². The van der Waals surface area contributed by atoms with Gasteiger partial charge in [-0.05, 0) is 35.6 Å². The van der Waals surface area contributed by atoms with Crippen LogP contribution in [-0.2, 0) is 7.05 Å². The smallest absolute Gasteiger partial charge is 0.132 e. The Labute approximate surface area is 83.9 Å². The second-order valence-corrected chi connectivity index (χ2v) is 3.78. The normalized spacial score (nSPS) is 10.9. The first-order valence-electron chi connectivity index (χ1n) is 3.63. The van der Waals surface area contributed by atoms with Crippen molar-refractivity contribution in [2.45, 2.75) is 6.92 Å². The molecular formula is C8H8IN3. The van der Waals surface area contributed by atoms with Crippen LogP contribution in [0.5, 0.6) is 0 Å². The molecule has 62 valence electrons. The van der Waals surface area contributed by atoms with Crippen LogP contribution in [0, 0.1) is 10.6 Å². The second kappa shape index (κ2) is 2.69. The Morgan fingerprint density at radius 2 is 2.25 bits per heavy atom. The van der Waals surface area contributed by atoms with Gasteiger partial charge in [-0.1, -0.05) is 0 Å². The molecular weight excluding hydrogens is 265 g/mol. The van der Waals surface area contributed by atoms with Gasteiger partial charge in [0, 0.05) is 18.9 Å². The summed E-state index contributed by atoms with van der Waals surface area (Å²) in [5, 5.41) is 5.42. The monoisotopic (exact) mass is 273 g/mol. The van der Waals surface area contributed by atoms with Crippen LogP contribution in [0.25, 0.3) is 10.9 Å². The minimum atomic E-state index is 1.01. The molecule has 0 aromatic carbocycles. The van der Waals surface area contributed by atoms with E-state index >= 15 is 0 Å². The first-order chi connectivity index (χ1) is 5.68. The predicted molar refractivity (Wildman–Crippen MR) is 56.0 cm³/mol. The number of aryl methyl sites for hydroxylation is 2. The van der Waals surface area contributed by atoms with Crippen LogP contribution < -0.4 is 0 Å². The number of rotatable bonds is 0. The van der Waals surface area contributed by atoms with Gasteiger partial charge in [0.05, 0.1) is 10.9 Å². The highest BCUT2D eigenvalue weighted by molar-refractivity contribution is 14.1. The van der Waals surface area contributed by atoms with Crippen molar-refractivity contribution >= 4 is 33.5 Å². The largest absolute Gasteiger partial charge is 0.267 e. The van der Waals surface area contributed by atoms with Crippen molar-refractivity contribution in [3.63, 3.8) is 0 Å². The van der Waals surface area contributed by atoms with E-state index in [1.165, 1.54) is 0 Å². The Bertz CT molecular complexity index is 433. The molecule has 0 fully saturated rings. The van der Waals surface area contributed by atoms with Gasteiger partial charge in [0.2, 0.25) is 0 Å². The van der Waals surface area contributed by atoms with Gasteiger partial charge >= 0.3 is 0 Å². The number of nitrogens with zero attached hydrogens (tertiary/aromatic N) is 3. The molecule has 0 saturated carbocycles. The molecule has 0 aliphatic rings. The van der Waals surface area contributed by atoms with E-state index in [0.717, 1.165) is 20.3 Å². The number of aromatic nitrogens is 3. The highest BCUT2D eigenvalue weighted by atomic mass is 127. The van der Waals surface area contributed by atoms with Gasteiger partial charge in [0.1, 0.15) is 3.70 Å². The van der Waals surface area contributed by atoms with Crippen molar-refractivity contribution in [1.29, 1.82) is 0 Å². The molecule has 2 aromatic rings. The third-order valence-corrected chi connectivity index (χ3v) is 2.62. The zero-order valence-corrected chi connectivity index (χ0v) is 9.03. The summed E-state index contributed by atoms with van der Waals surface area (Å²) in [6.07, 6.45) is 1.87. The van der Waals surface area contributed by atoms with Crippen LogP contribution in [0.15, 0.2) is 12.3 Å². The molecule has 0 aliphatic carbocycles. The Balaban J connectivity index is 2.90. The summed E-state index contributed by atoms with van der Waals surface area (Å²) < 4.78 is 2.89. The van der Waals surface area contributed by atoms with Crippen molar-refractivity contribution in [2.24, 2.45) is 7.05 Å². The van der Waals surface area contributed by atoms with Gasteiger partial charge in [-0.25, -0.2) is 0 Å². The molecule has 2 heterocycles. The quantitative estimate of drug-likeness (QED) is 0.686. The zero-order chi connectivity index (χ0) is 8.72. The lowest BCUT2D eigenvalue weighted by Gasteiger charge is -1.93. The maximum absolute atomic E-state index is 4.29. The highest BCUT2D eigenvalue weighted by Gasteiger charge is 2.05. The number of hydrogen-bond acceptors (Lipinski definition) is 2. The van der Waals surface area contributed by atoms with Gasteiger partial charge in [-0.15, -0.1) is 0 Å². The number of halogens is 1. The van der Waals surface area contributed by atoms with Crippen molar-refractivity contribution in [1.82, 2.24) is 14.8 Å². The minimum absolute atomic E-state index is 1.01. The lowest BCUT2D eigenvalue weighted by molar-refractivity contribution is 0.787. The van der Waals surface area contributed by atoms with Crippen molar-refractivity contribution in [2.75, 3.05) is 0 Å². The lowest BCUT2D eigenvalue weighted by Crippen LogP contribution is -1.90. The minimum Gasteiger partial charge on any atom is -0.267 e. The van der Waals surface area contributed by atoms with Gasteiger partial charge in [-0.2, -0.15) is 5.10 Å². The van der Waals surface area contributed by atoms with Crippen LogP contribution in [-0.4, -0.2) is 14.8 Å². The van der Waals surface area contributed by atoms with Gasteiger partial charge < -0.3 is 0 Å². The molecule has 0 bridgehead atoms. The Hall–Kier alpha value is -0.650. The van der Waals surface area contributed by atoms with Crippen LogP contribution in [0.4, 0.5) is 0 Å². The third-order valence-electron chi connectivity index (χ3n) is 1.83. The topological polar surface area (TPSA) is 30.7 Å². The number of fused-ring (bicyclic) bond motifs is 1. The zero-order valence-electron chi connectivity index (χ0n) is 6.87. The van der Waals surface area contributed by atoms with Crippen molar-refractivity contribution < 1.29 is 0 Å². The summed E-state index contributed by atoms with van der Waals surface area (Å²) in [6.45, 7) is 1.99. The summed E-state index contributed by atoms with van der Waals surface area (Å²) >= 11 is 2.22. The van der Waals surface area contributed by atoms with Gasteiger partial charge in [-0.3, -0.25) is 9.67 Å². The van der Waals surface area contributed by atoms with Crippen molar-refractivity contribution in [3.05, 3.63) is 21.7 Å². The van der Waals surface area contributed by atoms with E-state index in [9.17, 15) is 0 Å². The first-order valence-corrected chi connectivity index (χ1v) is 4.71. The highest BCUT2D eigenvalue weighted by Crippen LogP contribution is 2.18. The molecule has 0 saturated heterocycles. The fourth-order valence-electron chi connectivity index (χ4n) is 1.21. The Morgan fingerprint density at radius 3 is 3.00 bits per heavy atom. The summed E-state index contributed by atoms with van der Waals surface area (Å²) in [5.41, 5.74) is 2.17. The van der Waals surface area contributed by atoms with E-state index in [-0.39, 0.29) is 0 Å². The van der Waals surface area contributed by atoms with Crippen LogP contribution in [0.1, 0.15) is 5.69 Å². The first kappa shape index (κ1) is 7.97. The average molecular weight is 273 g/mol. The summed E-state index contributed by atoms with van der Waals surface area (Å²) in [6, 6.07) is 2.05. The molecule has 2 rings (SSSR count). The molecule has 0 spiro atoms. The third kappa shape index (κ3) is 1.10. The molecule has 3 nitrogen and oxygen atoms in total. The Morgan fingerprint density at radius 1 is 1.50 bits per heavy atom. The van der Waals surface area contributed by atoms with Gasteiger partial charge in [0.25, 0.3) is 0 Å². The molecule has 0 radical (unpaired) electrons. The molecule has 0 atom stereocenters. The number of pyridine rings is 1. The Kier molecular flexibility index (Phi) is 1.79. The van der Waals surface area contributed by atoms with E-state index < -0.39 is 0 Å². The molecule has 12 heavy (non-hydrogen) atoms. The van der Waals surface area contributed by atoms with E-state index in [2.05, 4.69) is 32.7 Å². The van der Waals surface area contributed by atoms with Gasteiger partial charge in [0.15, 0.2) is 0 Å². The molecule has 2 aromatic heterocycles. The molecule has 0 aliphatic heterocycles. The van der Waals surface area contributed by atoms with Crippen LogP contribution in [0.2, 0.25) is 0 Å². The second-order valence-electron chi connectivity index (χ2n) is 2.76. The summed E-state index contributed by atoms with van der Waals surface area (Å²) in [4.78, 5) is 4.22. The van der Waals surface area contributed by atoms with E-state index in [4.69, 9.17) is 0 Å². The maximum atomic E-state index is 4.29. The SMILES string of the molecule is Cc1cc2c(cn1)c(I)nn2C. The van der Waals surface area contributed by atoms with E-state index in [1.807, 2.05) is 30.9 Å². The fraction of sp³-hybridized carbons (Fsp3) is 0.250. The fourth-order valence-corrected chi connectivity index (χ4v) is 1.95. The molecule has 0 amide bonds. The summed E-state index contributed by atoms with van der Waals surface area (Å²) in [7, 11) is 1.95. The lowest BCUT2D eigenvalue weighted by atomic mass is 10.3. The van der Waals surface area contributed by atoms with Crippen LogP contribution in [0.3, 0.4) is 0 Å². The average Bonchev–Trinajstić information content (AvgIpc) is 2.28. The maximum Gasteiger partial charge on any atom is 0.132 e. The van der Waals surface area contributed by atoms with Crippen molar-refractivity contribution in [3.8, 4) is 0 Å². The van der Waals surface area contributed by atoms with E-state index in [1.54, 1.807) is 0 Å². The van der Waals surface area contributed by atoms with E-state index in [0.29, 0.717) is 0 Å². The molecule has 0 unspecified atom stereocenters. The summed E-state index contributed by atoms with van der Waals surface area (Å²) in [5.74, 6) is 0. The molecule has 0 N–H and O–H groups in total. The number of hydrogen-bond donors (Lipinski definition) is 0. The standard InChI is InChI=1S/C8H8IN3/c1-5-3-7-6(4-10-5)8(9)11-12(7)2/h3-4H,1-2H3. The molecule has 4 heteroatoms.